The summed E-state index contributed by atoms with van der Waals surface area (Å²) in [6.45, 7) is 8.30. The topological polar surface area (TPSA) is 72.3 Å². The lowest BCUT2D eigenvalue weighted by Gasteiger charge is -2.34. The molecule has 0 amide bonds. The molecule has 6 rings (SSSR count). The highest BCUT2D eigenvalue weighted by atomic mass is 32.2. The van der Waals surface area contributed by atoms with Gasteiger partial charge in [-0.15, -0.1) is 0 Å². The lowest BCUT2D eigenvalue weighted by Crippen LogP contribution is -2.38. The van der Waals surface area contributed by atoms with Gasteiger partial charge >= 0.3 is 0 Å². The van der Waals surface area contributed by atoms with Crippen molar-refractivity contribution in [2.75, 3.05) is 19.6 Å². The summed E-state index contributed by atoms with van der Waals surface area (Å²) < 4.78 is 1.86. The third-order valence-electron chi connectivity index (χ3n) is 7.58. The van der Waals surface area contributed by atoms with Crippen LogP contribution in [0.4, 0.5) is 0 Å². The second-order valence-corrected chi connectivity index (χ2v) is 11.8. The molecule has 1 aliphatic heterocycles. The van der Waals surface area contributed by atoms with Crippen LogP contribution in [0.5, 0.6) is 0 Å². The molecule has 0 atom stereocenters. The van der Waals surface area contributed by atoms with Gasteiger partial charge in [0.1, 0.15) is 0 Å². The monoisotopic (exact) mass is 522 g/mol. The standard InChI is InChI=1S/C31H34N6S/c1-31(2,21-36-14-6-3-7-15-36)16-24-11-10-22(17-33-24)23-18-34-30-28(19-35-37(30)20-23)26-12-13-29(38-32)27-9-5-4-8-25(26)27/h4-5,8-13,17-20H,3,6-7,14-16,21,32H2,1-2H3. The fourth-order valence-corrected chi connectivity index (χ4v) is 6.24. The van der Waals surface area contributed by atoms with E-state index in [0.717, 1.165) is 62.2 Å². The van der Waals surface area contributed by atoms with Crippen molar-refractivity contribution in [3.05, 3.63) is 79.0 Å². The first kappa shape index (κ1) is 25.0. The van der Waals surface area contributed by atoms with Gasteiger partial charge in [-0.2, -0.15) is 5.10 Å². The smallest absolute Gasteiger partial charge is 0.162 e. The SMILES string of the molecule is CC(C)(Cc1ccc(-c2cnc3c(-c4ccc(SN)c5ccccc45)cnn3c2)cn1)CN1CCCCC1. The molecule has 3 aromatic heterocycles. The van der Waals surface area contributed by atoms with Crippen LogP contribution in [0, 0.1) is 5.41 Å². The summed E-state index contributed by atoms with van der Waals surface area (Å²) in [6, 6.07) is 16.8. The van der Waals surface area contributed by atoms with Gasteiger partial charge in [-0.25, -0.2) is 9.50 Å². The third-order valence-corrected chi connectivity index (χ3v) is 8.19. The predicted octanol–water partition coefficient (Wildman–Crippen LogP) is 6.63. The predicted molar refractivity (Wildman–Crippen MR) is 157 cm³/mol. The number of piperidine rings is 1. The molecule has 194 valence electrons. The van der Waals surface area contributed by atoms with Crippen molar-refractivity contribution in [3.63, 3.8) is 0 Å². The van der Waals surface area contributed by atoms with Crippen molar-refractivity contribution < 1.29 is 0 Å². The number of aromatic nitrogens is 4. The Morgan fingerprint density at radius 1 is 0.842 bits per heavy atom. The van der Waals surface area contributed by atoms with E-state index in [0.29, 0.717) is 0 Å². The molecular formula is C31H34N6S. The van der Waals surface area contributed by atoms with Gasteiger partial charge in [0.2, 0.25) is 0 Å². The molecule has 2 aromatic carbocycles. The first-order valence-electron chi connectivity index (χ1n) is 13.4. The van der Waals surface area contributed by atoms with E-state index < -0.39 is 0 Å². The molecule has 2 N–H and O–H groups in total. The largest absolute Gasteiger partial charge is 0.303 e. The van der Waals surface area contributed by atoms with Crippen molar-refractivity contribution >= 4 is 28.4 Å². The van der Waals surface area contributed by atoms with Crippen LogP contribution in [0.1, 0.15) is 38.8 Å². The van der Waals surface area contributed by atoms with Crippen LogP contribution < -0.4 is 5.14 Å². The maximum Gasteiger partial charge on any atom is 0.162 e. The number of likely N-dealkylation sites (tertiary alicyclic amines) is 1. The summed E-state index contributed by atoms with van der Waals surface area (Å²) in [7, 11) is 0. The molecule has 4 heterocycles. The number of rotatable bonds is 7. The Balaban J connectivity index is 1.24. The Hall–Kier alpha value is -3.26. The lowest BCUT2D eigenvalue weighted by molar-refractivity contribution is 0.152. The van der Waals surface area contributed by atoms with Crippen molar-refractivity contribution in [3.8, 4) is 22.3 Å². The van der Waals surface area contributed by atoms with E-state index in [1.165, 1.54) is 44.3 Å². The van der Waals surface area contributed by atoms with Crippen molar-refractivity contribution in [2.24, 2.45) is 10.6 Å². The van der Waals surface area contributed by atoms with Crippen LogP contribution in [-0.2, 0) is 6.42 Å². The molecule has 1 saturated heterocycles. The number of hydrogen-bond donors (Lipinski definition) is 1. The summed E-state index contributed by atoms with van der Waals surface area (Å²) in [5, 5.41) is 12.8. The lowest BCUT2D eigenvalue weighted by atomic mass is 9.86. The Kier molecular flexibility index (Phi) is 6.91. The molecule has 0 unspecified atom stereocenters. The van der Waals surface area contributed by atoms with Crippen LogP contribution >= 0.6 is 11.9 Å². The third kappa shape index (κ3) is 5.06. The van der Waals surface area contributed by atoms with Gasteiger partial charge < -0.3 is 4.90 Å². The first-order chi connectivity index (χ1) is 18.5. The highest BCUT2D eigenvalue weighted by Gasteiger charge is 2.24. The second-order valence-electron chi connectivity index (χ2n) is 11.2. The van der Waals surface area contributed by atoms with E-state index >= 15 is 0 Å². The van der Waals surface area contributed by atoms with Gasteiger partial charge in [0.15, 0.2) is 5.65 Å². The summed E-state index contributed by atoms with van der Waals surface area (Å²) in [5.41, 5.74) is 6.32. The van der Waals surface area contributed by atoms with E-state index in [9.17, 15) is 0 Å². The fraction of sp³-hybridized carbons (Fsp3) is 0.323. The summed E-state index contributed by atoms with van der Waals surface area (Å²) in [5.74, 6) is 0. The molecule has 0 spiro atoms. The molecule has 5 aromatic rings. The van der Waals surface area contributed by atoms with Crippen LogP contribution in [0.2, 0.25) is 0 Å². The molecule has 38 heavy (non-hydrogen) atoms. The van der Waals surface area contributed by atoms with E-state index in [2.05, 4.69) is 66.3 Å². The van der Waals surface area contributed by atoms with Gasteiger partial charge in [-0.1, -0.05) is 56.7 Å². The number of benzene rings is 2. The highest BCUT2D eigenvalue weighted by molar-refractivity contribution is 7.97. The van der Waals surface area contributed by atoms with Crippen LogP contribution in [0.3, 0.4) is 0 Å². The summed E-state index contributed by atoms with van der Waals surface area (Å²) in [4.78, 5) is 13.3. The van der Waals surface area contributed by atoms with Crippen molar-refractivity contribution in [1.82, 2.24) is 24.5 Å². The minimum atomic E-state index is 0.197. The molecular weight excluding hydrogens is 488 g/mol. The maximum atomic E-state index is 5.91. The van der Waals surface area contributed by atoms with Gasteiger partial charge in [0, 0.05) is 52.4 Å². The number of nitrogens with zero attached hydrogens (tertiary/aromatic N) is 5. The Morgan fingerprint density at radius 3 is 2.39 bits per heavy atom. The van der Waals surface area contributed by atoms with Crippen molar-refractivity contribution in [1.29, 1.82) is 0 Å². The zero-order valence-corrected chi connectivity index (χ0v) is 22.9. The quantitative estimate of drug-likeness (QED) is 0.242. The second kappa shape index (κ2) is 10.5. The summed E-state index contributed by atoms with van der Waals surface area (Å²) >= 11 is 1.27. The van der Waals surface area contributed by atoms with E-state index in [4.69, 9.17) is 15.1 Å². The molecule has 1 aliphatic rings. The molecule has 0 aliphatic carbocycles. The van der Waals surface area contributed by atoms with Crippen LogP contribution in [-0.4, -0.2) is 44.1 Å². The van der Waals surface area contributed by atoms with Crippen molar-refractivity contribution in [2.45, 2.75) is 44.4 Å². The van der Waals surface area contributed by atoms with Gasteiger partial charge in [0.05, 0.1) is 6.20 Å². The fourth-order valence-electron chi connectivity index (χ4n) is 5.79. The molecule has 0 saturated carbocycles. The maximum absolute atomic E-state index is 5.91. The van der Waals surface area contributed by atoms with Crippen LogP contribution in [0.15, 0.2) is 78.2 Å². The van der Waals surface area contributed by atoms with Gasteiger partial charge in [-0.05, 0) is 78.2 Å². The molecule has 6 nitrogen and oxygen atoms in total. The molecule has 0 bridgehead atoms. The Bertz CT molecular complexity index is 1570. The van der Waals surface area contributed by atoms with E-state index in [1.807, 2.05) is 35.4 Å². The van der Waals surface area contributed by atoms with E-state index in [-0.39, 0.29) is 5.41 Å². The summed E-state index contributed by atoms with van der Waals surface area (Å²) in [6.07, 6.45) is 12.8. The Labute approximate surface area is 228 Å². The minimum Gasteiger partial charge on any atom is -0.303 e. The Morgan fingerprint density at radius 2 is 1.63 bits per heavy atom. The van der Waals surface area contributed by atoms with Gasteiger partial charge in [0.25, 0.3) is 0 Å². The zero-order valence-electron chi connectivity index (χ0n) is 22.1. The number of pyridine rings is 1. The molecule has 7 heteroatoms. The highest BCUT2D eigenvalue weighted by Crippen LogP contribution is 2.35. The first-order valence-corrected chi connectivity index (χ1v) is 14.3. The average Bonchev–Trinajstić information content (AvgIpc) is 3.36. The number of hydrogen-bond acceptors (Lipinski definition) is 6. The van der Waals surface area contributed by atoms with Crippen LogP contribution in [0.25, 0.3) is 38.7 Å². The molecule has 1 fully saturated rings. The zero-order chi connectivity index (χ0) is 26.1. The number of nitrogens with two attached hydrogens (primary N) is 1. The van der Waals surface area contributed by atoms with E-state index in [1.54, 1.807) is 0 Å². The normalized spacial score (nSPS) is 14.9. The number of fused-ring (bicyclic) bond motifs is 2. The average molecular weight is 523 g/mol. The minimum absolute atomic E-state index is 0.197. The molecule has 0 radical (unpaired) electrons. The van der Waals surface area contributed by atoms with Gasteiger partial charge in [-0.3, -0.25) is 10.1 Å².